The van der Waals surface area contributed by atoms with Crippen molar-refractivity contribution >= 4 is 52.1 Å². The molecule has 0 saturated heterocycles. The highest BCUT2D eigenvalue weighted by Crippen LogP contribution is 2.26. The lowest BCUT2D eigenvalue weighted by Gasteiger charge is -2.10. The summed E-state index contributed by atoms with van der Waals surface area (Å²) in [4.78, 5) is 35.0. The number of nitrogens with zero attached hydrogens (tertiary/aromatic N) is 1. The van der Waals surface area contributed by atoms with Crippen LogP contribution in [0.3, 0.4) is 0 Å². The van der Waals surface area contributed by atoms with Gasteiger partial charge in [0, 0.05) is 17.0 Å². The number of benzene rings is 1. The maximum atomic E-state index is 11.9. The van der Waals surface area contributed by atoms with Gasteiger partial charge in [-0.1, -0.05) is 11.6 Å². The minimum atomic E-state index is -0.550. The van der Waals surface area contributed by atoms with E-state index < -0.39 is 16.1 Å². The van der Waals surface area contributed by atoms with E-state index in [1.165, 1.54) is 23.9 Å². The Morgan fingerprint density at radius 2 is 1.96 bits per heavy atom. The average Bonchev–Trinajstić information content (AvgIpc) is 2.99. The molecule has 1 aromatic heterocycles. The molecular formula is C15H12ClNO5S2. The molecule has 1 aromatic carbocycles. The number of hydrogen-bond donors (Lipinski definition) is 0. The van der Waals surface area contributed by atoms with E-state index in [4.69, 9.17) is 16.3 Å². The van der Waals surface area contributed by atoms with Crippen molar-refractivity contribution in [3.63, 3.8) is 0 Å². The summed E-state index contributed by atoms with van der Waals surface area (Å²) in [6.07, 6.45) is 0. The first-order valence-electron chi connectivity index (χ1n) is 6.73. The van der Waals surface area contributed by atoms with Crippen LogP contribution in [0.15, 0.2) is 41.3 Å². The molecule has 0 aliphatic rings. The maximum absolute atomic E-state index is 11.9. The highest BCUT2D eigenvalue weighted by atomic mass is 35.5. The van der Waals surface area contributed by atoms with Gasteiger partial charge >= 0.3 is 5.97 Å². The molecule has 0 saturated carbocycles. The van der Waals surface area contributed by atoms with E-state index in [1.54, 1.807) is 31.2 Å². The molecule has 2 rings (SSSR count). The number of halogens is 1. The van der Waals surface area contributed by atoms with Gasteiger partial charge in [-0.25, -0.2) is 0 Å². The summed E-state index contributed by atoms with van der Waals surface area (Å²) in [5.74, 6) is -0.845. The Hall–Kier alpha value is -1.90. The third-order valence-corrected chi connectivity index (χ3v) is 5.25. The van der Waals surface area contributed by atoms with Gasteiger partial charge in [-0.15, -0.1) is 23.1 Å². The van der Waals surface area contributed by atoms with E-state index in [2.05, 4.69) is 0 Å². The van der Waals surface area contributed by atoms with Crippen LogP contribution in [-0.2, 0) is 9.53 Å². The summed E-state index contributed by atoms with van der Waals surface area (Å²) in [7, 11) is 0. The van der Waals surface area contributed by atoms with Crippen molar-refractivity contribution in [2.24, 2.45) is 0 Å². The van der Waals surface area contributed by atoms with Crippen LogP contribution in [0.5, 0.6) is 0 Å². The minimum Gasteiger partial charge on any atom is -0.456 e. The van der Waals surface area contributed by atoms with Crippen molar-refractivity contribution in [2.45, 2.75) is 17.1 Å². The predicted octanol–water partition coefficient (Wildman–Crippen LogP) is 4.22. The molecule has 0 fully saturated rings. The highest BCUT2D eigenvalue weighted by molar-refractivity contribution is 8.00. The number of nitro groups is 1. The van der Waals surface area contributed by atoms with Gasteiger partial charge < -0.3 is 4.74 Å². The molecule has 0 bridgehead atoms. The van der Waals surface area contributed by atoms with Crippen LogP contribution in [0, 0.1) is 10.1 Å². The van der Waals surface area contributed by atoms with Crippen LogP contribution in [0.25, 0.3) is 0 Å². The number of non-ortho nitro benzene ring substituents is 1. The quantitative estimate of drug-likeness (QED) is 0.233. The topological polar surface area (TPSA) is 86.5 Å². The summed E-state index contributed by atoms with van der Waals surface area (Å²) in [6, 6.07) is 9.04. The minimum absolute atomic E-state index is 0.0187. The van der Waals surface area contributed by atoms with E-state index in [9.17, 15) is 19.7 Å². The van der Waals surface area contributed by atoms with Gasteiger partial charge in [0.05, 0.1) is 14.1 Å². The van der Waals surface area contributed by atoms with Gasteiger partial charge in [-0.05, 0) is 31.2 Å². The first-order chi connectivity index (χ1) is 11.4. The lowest BCUT2D eigenvalue weighted by molar-refractivity contribution is -0.384. The Morgan fingerprint density at radius 3 is 2.50 bits per heavy atom. The molecule has 0 radical (unpaired) electrons. The van der Waals surface area contributed by atoms with Gasteiger partial charge in [-0.3, -0.25) is 19.7 Å². The van der Waals surface area contributed by atoms with E-state index in [0.29, 0.717) is 14.1 Å². The van der Waals surface area contributed by atoms with Crippen molar-refractivity contribution in [1.29, 1.82) is 0 Å². The second-order valence-corrected chi connectivity index (χ2v) is 7.78. The SMILES string of the molecule is C[C@@H](Sc1ccc([N+](=O)[O-])cc1)C(=O)OCC(=O)c1ccc(Cl)s1. The van der Waals surface area contributed by atoms with Gasteiger partial charge in [0.2, 0.25) is 5.78 Å². The number of ether oxygens (including phenoxy) is 1. The first kappa shape index (κ1) is 18.4. The largest absolute Gasteiger partial charge is 0.456 e. The zero-order chi connectivity index (χ0) is 17.7. The first-order valence-corrected chi connectivity index (χ1v) is 8.80. The summed E-state index contributed by atoms with van der Waals surface area (Å²) >= 11 is 8.07. The normalized spacial score (nSPS) is 11.8. The number of nitro benzene ring substituents is 1. The number of carbonyl (C=O) groups is 2. The second kappa shape index (κ2) is 8.27. The molecule has 1 atom stereocenters. The Bertz CT molecular complexity index is 759. The van der Waals surface area contributed by atoms with Gasteiger partial charge in [0.1, 0.15) is 5.25 Å². The van der Waals surface area contributed by atoms with E-state index in [1.807, 2.05) is 0 Å². The molecule has 1 heterocycles. The third kappa shape index (κ3) is 5.05. The van der Waals surface area contributed by atoms with Crippen molar-refractivity contribution in [3.8, 4) is 0 Å². The summed E-state index contributed by atoms with van der Waals surface area (Å²) in [5.41, 5.74) is -0.0187. The fourth-order valence-electron chi connectivity index (χ4n) is 1.69. The number of thioether (sulfide) groups is 1. The molecule has 126 valence electrons. The van der Waals surface area contributed by atoms with Crippen molar-refractivity contribution in [2.75, 3.05) is 6.61 Å². The Kier molecular flexibility index (Phi) is 6.36. The standard InChI is InChI=1S/C15H12ClNO5S2/c1-9(23-11-4-2-10(3-5-11)17(20)21)15(19)22-8-12(18)13-6-7-14(16)24-13/h2-7,9H,8H2,1H3/t9-/m1/s1. The molecule has 0 unspecified atom stereocenters. The number of hydrogen-bond acceptors (Lipinski definition) is 7. The fourth-order valence-corrected chi connectivity index (χ4v) is 3.52. The lowest BCUT2D eigenvalue weighted by Crippen LogP contribution is -2.20. The maximum Gasteiger partial charge on any atom is 0.319 e. The molecule has 0 aliphatic heterocycles. The molecule has 0 N–H and O–H groups in total. The molecule has 2 aromatic rings. The predicted molar refractivity (Wildman–Crippen MR) is 93.0 cm³/mol. The summed E-state index contributed by atoms with van der Waals surface area (Å²) < 4.78 is 5.50. The number of esters is 1. The molecular weight excluding hydrogens is 374 g/mol. The molecule has 0 spiro atoms. The van der Waals surface area contributed by atoms with Crippen molar-refractivity contribution < 1.29 is 19.2 Å². The monoisotopic (exact) mass is 385 g/mol. The Balaban J connectivity index is 1.85. The number of thiophene rings is 1. The van der Waals surface area contributed by atoms with Gasteiger partial charge in [0.15, 0.2) is 6.61 Å². The zero-order valence-corrected chi connectivity index (χ0v) is 14.8. The van der Waals surface area contributed by atoms with E-state index in [-0.39, 0.29) is 18.1 Å². The number of carbonyl (C=O) groups excluding carboxylic acids is 2. The van der Waals surface area contributed by atoms with Crippen LogP contribution in [0.2, 0.25) is 4.34 Å². The Morgan fingerprint density at radius 1 is 1.29 bits per heavy atom. The summed E-state index contributed by atoms with van der Waals surface area (Å²) in [6.45, 7) is 1.29. The van der Waals surface area contributed by atoms with Crippen LogP contribution in [-0.4, -0.2) is 28.5 Å². The molecule has 6 nitrogen and oxygen atoms in total. The Labute approximate surface area is 150 Å². The van der Waals surface area contributed by atoms with Gasteiger partial charge in [0.25, 0.3) is 5.69 Å². The van der Waals surface area contributed by atoms with Crippen molar-refractivity contribution in [1.82, 2.24) is 0 Å². The number of Topliss-reactive ketones (excluding diaryl/α,β-unsaturated/α-hetero) is 1. The van der Waals surface area contributed by atoms with Crippen LogP contribution < -0.4 is 0 Å². The van der Waals surface area contributed by atoms with E-state index >= 15 is 0 Å². The van der Waals surface area contributed by atoms with Crippen molar-refractivity contribution in [3.05, 3.63) is 55.7 Å². The van der Waals surface area contributed by atoms with E-state index in [0.717, 1.165) is 11.3 Å². The molecule has 9 heteroatoms. The summed E-state index contributed by atoms with van der Waals surface area (Å²) in [5, 5.41) is 10.0. The number of rotatable bonds is 7. The average molecular weight is 386 g/mol. The smallest absolute Gasteiger partial charge is 0.319 e. The van der Waals surface area contributed by atoms with Crippen LogP contribution in [0.1, 0.15) is 16.6 Å². The van der Waals surface area contributed by atoms with Crippen LogP contribution >= 0.6 is 34.7 Å². The zero-order valence-electron chi connectivity index (χ0n) is 12.4. The number of ketones is 1. The second-order valence-electron chi connectivity index (χ2n) is 4.65. The fraction of sp³-hybridized carbons (Fsp3) is 0.200. The van der Waals surface area contributed by atoms with Gasteiger partial charge in [-0.2, -0.15) is 0 Å². The molecule has 0 aliphatic carbocycles. The molecule has 24 heavy (non-hydrogen) atoms. The highest BCUT2D eigenvalue weighted by Gasteiger charge is 2.19. The molecule has 0 amide bonds. The third-order valence-electron chi connectivity index (χ3n) is 2.89. The lowest BCUT2D eigenvalue weighted by atomic mass is 10.3. The van der Waals surface area contributed by atoms with Crippen LogP contribution in [0.4, 0.5) is 5.69 Å².